The smallest absolute Gasteiger partial charge is 0.221 e. The minimum absolute atomic E-state index is 0.0192. The van der Waals surface area contributed by atoms with Gasteiger partial charge in [0.25, 0.3) is 0 Å². The summed E-state index contributed by atoms with van der Waals surface area (Å²) >= 11 is 0. The number of rotatable bonds is 6. The van der Waals surface area contributed by atoms with Crippen molar-refractivity contribution in [2.24, 2.45) is 0 Å². The molecule has 18 heavy (non-hydrogen) atoms. The zero-order valence-corrected chi connectivity index (χ0v) is 11.2. The van der Waals surface area contributed by atoms with Gasteiger partial charge < -0.3 is 19.7 Å². The van der Waals surface area contributed by atoms with Gasteiger partial charge in [-0.25, -0.2) is 0 Å². The van der Waals surface area contributed by atoms with Crippen molar-refractivity contribution in [3.8, 4) is 0 Å². The molecule has 2 heterocycles. The van der Waals surface area contributed by atoms with Crippen LogP contribution in [0.5, 0.6) is 0 Å². The number of carbonyl (C=O) groups excluding carboxylic acids is 1. The molecule has 2 saturated heterocycles. The molecule has 1 N–H and O–H groups in total. The Morgan fingerprint density at radius 3 is 2.89 bits per heavy atom. The van der Waals surface area contributed by atoms with Crippen LogP contribution in [0.25, 0.3) is 0 Å². The van der Waals surface area contributed by atoms with E-state index in [1.165, 1.54) is 12.8 Å². The predicted molar refractivity (Wildman–Crippen MR) is 68.5 cm³/mol. The molecule has 0 aliphatic carbocycles. The fourth-order valence-corrected chi connectivity index (χ4v) is 2.59. The molecule has 2 aliphatic rings. The van der Waals surface area contributed by atoms with Gasteiger partial charge in [0.2, 0.25) is 5.91 Å². The van der Waals surface area contributed by atoms with E-state index in [9.17, 15) is 4.79 Å². The molecule has 0 radical (unpaired) electrons. The summed E-state index contributed by atoms with van der Waals surface area (Å²) in [5.74, 6) is 0.113. The summed E-state index contributed by atoms with van der Waals surface area (Å²) in [6, 6.07) is 0.0241. The van der Waals surface area contributed by atoms with E-state index in [4.69, 9.17) is 9.47 Å². The Hall–Kier alpha value is -0.650. The van der Waals surface area contributed by atoms with E-state index in [1.54, 1.807) is 0 Å². The molecule has 2 aliphatic heterocycles. The first-order valence-corrected chi connectivity index (χ1v) is 7.00. The van der Waals surface area contributed by atoms with Crippen LogP contribution < -0.4 is 5.32 Å². The van der Waals surface area contributed by atoms with E-state index >= 15 is 0 Å². The Balaban J connectivity index is 1.66. The zero-order valence-electron chi connectivity index (χ0n) is 11.2. The van der Waals surface area contributed by atoms with Crippen LogP contribution in [0, 0.1) is 0 Å². The molecular weight excluding hydrogens is 232 g/mol. The van der Waals surface area contributed by atoms with Crippen LogP contribution in [-0.4, -0.2) is 62.4 Å². The van der Waals surface area contributed by atoms with E-state index in [-0.39, 0.29) is 18.1 Å². The van der Waals surface area contributed by atoms with Crippen LogP contribution in [0.2, 0.25) is 0 Å². The molecule has 5 heteroatoms. The molecular formula is C13H24N2O3. The van der Waals surface area contributed by atoms with Crippen molar-refractivity contribution in [1.29, 1.82) is 0 Å². The van der Waals surface area contributed by atoms with E-state index < -0.39 is 0 Å². The molecule has 104 valence electrons. The van der Waals surface area contributed by atoms with E-state index in [0.29, 0.717) is 26.2 Å². The Morgan fingerprint density at radius 1 is 1.39 bits per heavy atom. The van der Waals surface area contributed by atoms with E-state index in [0.717, 1.165) is 19.6 Å². The van der Waals surface area contributed by atoms with Gasteiger partial charge in [0.1, 0.15) is 6.10 Å². The number of amides is 1. The standard InChI is InChI=1S/C13H24N2O3/c1-2-18-12-10-17-9-11(12)14-13(16)5-8-15-6-3-4-7-15/h11-12H,2-10H2,1H3,(H,14,16)/t11-,12-/m0/s1. The minimum atomic E-state index is 0.0192. The topological polar surface area (TPSA) is 50.8 Å². The molecule has 1 amide bonds. The lowest BCUT2D eigenvalue weighted by Gasteiger charge is -2.20. The average Bonchev–Trinajstić information content (AvgIpc) is 2.99. The lowest BCUT2D eigenvalue weighted by atomic mass is 10.2. The summed E-state index contributed by atoms with van der Waals surface area (Å²) in [6.07, 6.45) is 3.13. The molecule has 0 saturated carbocycles. The van der Waals surface area contributed by atoms with Gasteiger partial charge >= 0.3 is 0 Å². The number of hydrogen-bond acceptors (Lipinski definition) is 4. The van der Waals surface area contributed by atoms with E-state index in [1.807, 2.05) is 6.92 Å². The molecule has 2 rings (SSSR count). The summed E-state index contributed by atoms with van der Waals surface area (Å²) in [6.45, 7) is 6.94. The maximum atomic E-state index is 11.9. The van der Waals surface area contributed by atoms with Crippen LogP contribution in [0.15, 0.2) is 0 Å². The van der Waals surface area contributed by atoms with Crippen LogP contribution in [0.3, 0.4) is 0 Å². The highest BCUT2D eigenvalue weighted by Crippen LogP contribution is 2.11. The second kappa shape index (κ2) is 7.07. The quantitative estimate of drug-likeness (QED) is 0.747. The van der Waals surface area contributed by atoms with Crippen molar-refractivity contribution in [3.05, 3.63) is 0 Å². The van der Waals surface area contributed by atoms with Crippen LogP contribution in [0.1, 0.15) is 26.2 Å². The Labute approximate surface area is 109 Å². The molecule has 5 nitrogen and oxygen atoms in total. The molecule has 0 aromatic heterocycles. The first-order valence-electron chi connectivity index (χ1n) is 7.00. The summed E-state index contributed by atoms with van der Waals surface area (Å²) in [5.41, 5.74) is 0. The summed E-state index contributed by atoms with van der Waals surface area (Å²) in [4.78, 5) is 14.2. The van der Waals surface area contributed by atoms with Gasteiger partial charge in [-0.1, -0.05) is 0 Å². The number of carbonyl (C=O) groups is 1. The van der Waals surface area contributed by atoms with Crippen molar-refractivity contribution in [2.75, 3.05) is 39.5 Å². The second-order valence-electron chi connectivity index (χ2n) is 5.00. The number of nitrogens with zero attached hydrogens (tertiary/aromatic N) is 1. The SMILES string of the molecule is CCO[C@H]1COC[C@@H]1NC(=O)CCN1CCCC1. The number of ether oxygens (including phenoxy) is 2. The van der Waals surface area contributed by atoms with Crippen molar-refractivity contribution in [3.63, 3.8) is 0 Å². The van der Waals surface area contributed by atoms with Gasteiger partial charge in [-0.3, -0.25) is 4.79 Å². The van der Waals surface area contributed by atoms with Crippen molar-refractivity contribution in [1.82, 2.24) is 10.2 Å². The molecule has 2 atom stereocenters. The van der Waals surface area contributed by atoms with Crippen molar-refractivity contribution in [2.45, 2.75) is 38.3 Å². The minimum Gasteiger partial charge on any atom is -0.376 e. The largest absolute Gasteiger partial charge is 0.376 e. The average molecular weight is 256 g/mol. The van der Waals surface area contributed by atoms with E-state index in [2.05, 4.69) is 10.2 Å². The summed E-state index contributed by atoms with van der Waals surface area (Å²) in [7, 11) is 0. The van der Waals surface area contributed by atoms with Crippen LogP contribution >= 0.6 is 0 Å². The molecule has 0 unspecified atom stereocenters. The maximum Gasteiger partial charge on any atom is 0.221 e. The number of likely N-dealkylation sites (tertiary alicyclic amines) is 1. The zero-order chi connectivity index (χ0) is 12.8. The molecule has 0 spiro atoms. The monoisotopic (exact) mass is 256 g/mol. The first-order chi connectivity index (χ1) is 8.79. The van der Waals surface area contributed by atoms with Gasteiger partial charge in [0, 0.05) is 19.6 Å². The molecule has 0 aromatic rings. The molecule has 2 fully saturated rings. The predicted octanol–water partition coefficient (Wildman–Crippen LogP) is 0.392. The third-order valence-electron chi connectivity index (χ3n) is 3.61. The maximum absolute atomic E-state index is 11.9. The highest BCUT2D eigenvalue weighted by molar-refractivity contribution is 5.76. The van der Waals surface area contributed by atoms with Crippen molar-refractivity contribution < 1.29 is 14.3 Å². The number of nitrogens with one attached hydrogen (secondary N) is 1. The van der Waals surface area contributed by atoms with Gasteiger partial charge in [-0.2, -0.15) is 0 Å². The molecule has 0 bridgehead atoms. The summed E-state index contributed by atoms with van der Waals surface area (Å²) in [5, 5.41) is 3.02. The fraction of sp³-hybridized carbons (Fsp3) is 0.923. The second-order valence-corrected chi connectivity index (χ2v) is 5.00. The highest BCUT2D eigenvalue weighted by atomic mass is 16.5. The Morgan fingerprint density at radius 2 is 2.17 bits per heavy atom. The summed E-state index contributed by atoms with van der Waals surface area (Å²) < 4.78 is 10.9. The van der Waals surface area contributed by atoms with Crippen LogP contribution in [0.4, 0.5) is 0 Å². The number of hydrogen-bond donors (Lipinski definition) is 1. The third kappa shape index (κ3) is 3.93. The van der Waals surface area contributed by atoms with Gasteiger partial charge in [-0.15, -0.1) is 0 Å². The van der Waals surface area contributed by atoms with Gasteiger partial charge in [0.15, 0.2) is 0 Å². The molecule has 0 aromatic carbocycles. The Bertz CT molecular complexity index is 267. The first kappa shape index (κ1) is 13.8. The van der Waals surface area contributed by atoms with Gasteiger partial charge in [0.05, 0.1) is 19.3 Å². The highest BCUT2D eigenvalue weighted by Gasteiger charge is 2.29. The lowest BCUT2D eigenvalue weighted by molar-refractivity contribution is -0.122. The Kier molecular flexibility index (Phi) is 5.41. The normalized spacial score (nSPS) is 28.7. The van der Waals surface area contributed by atoms with Crippen molar-refractivity contribution >= 4 is 5.91 Å². The fourth-order valence-electron chi connectivity index (χ4n) is 2.59. The van der Waals surface area contributed by atoms with Gasteiger partial charge in [-0.05, 0) is 32.9 Å². The lowest BCUT2D eigenvalue weighted by Crippen LogP contribution is -2.44. The van der Waals surface area contributed by atoms with Crippen LogP contribution in [-0.2, 0) is 14.3 Å². The third-order valence-corrected chi connectivity index (χ3v) is 3.61.